The molecule has 0 fully saturated rings. The summed E-state index contributed by atoms with van der Waals surface area (Å²) in [6, 6.07) is 18.4. The molecule has 2 aromatic carbocycles. The van der Waals surface area contributed by atoms with Crippen LogP contribution in [0.4, 0.5) is 5.69 Å². The van der Waals surface area contributed by atoms with Crippen LogP contribution in [0.1, 0.15) is 20.3 Å². The summed E-state index contributed by atoms with van der Waals surface area (Å²) in [5.74, 6) is 1.53. The van der Waals surface area contributed by atoms with Crippen molar-refractivity contribution in [3.8, 4) is 17.6 Å². The second-order valence-electron chi connectivity index (χ2n) is 6.20. The molecule has 0 heterocycles. The Bertz CT molecular complexity index is 775. The van der Waals surface area contributed by atoms with Crippen LogP contribution in [-0.2, 0) is 4.79 Å². The Hall–Kier alpha value is -3.26. The van der Waals surface area contributed by atoms with Gasteiger partial charge in [0.15, 0.2) is 0 Å². The first-order valence-corrected chi connectivity index (χ1v) is 8.56. The Kier molecular flexibility index (Phi) is 7.26. The summed E-state index contributed by atoms with van der Waals surface area (Å²) in [6.07, 6.45) is 2.43. The predicted octanol–water partition coefficient (Wildman–Crippen LogP) is 4.46. The van der Waals surface area contributed by atoms with Crippen LogP contribution in [0.15, 0.2) is 66.4 Å². The number of rotatable bonds is 8. The molecule has 2 N–H and O–H groups in total. The van der Waals surface area contributed by atoms with E-state index in [-0.39, 0.29) is 5.57 Å². The van der Waals surface area contributed by atoms with Crippen molar-refractivity contribution in [2.75, 3.05) is 11.9 Å². The minimum Gasteiger partial charge on any atom is -0.457 e. The molecular weight excluding hydrogens is 326 g/mol. The molecule has 2 rings (SSSR count). The highest BCUT2D eigenvalue weighted by molar-refractivity contribution is 6.06. The Labute approximate surface area is 154 Å². The number of nitrogens with zero attached hydrogens (tertiary/aromatic N) is 1. The number of para-hydroxylation sites is 1. The fourth-order valence-corrected chi connectivity index (χ4v) is 2.12. The van der Waals surface area contributed by atoms with E-state index in [2.05, 4.69) is 24.5 Å². The van der Waals surface area contributed by atoms with Crippen LogP contribution in [0.3, 0.4) is 0 Å². The summed E-state index contributed by atoms with van der Waals surface area (Å²) in [7, 11) is 0. The summed E-state index contributed by atoms with van der Waals surface area (Å²) in [6.45, 7) is 4.96. The molecule has 0 saturated carbocycles. The maximum absolute atomic E-state index is 12.2. The van der Waals surface area contributed by atoms with E-state index in [0.29, 0.717) is 17.4 Å². The molecule has 0 saturated heterocycles. The lowest BCUT2D eigenvalue weighted by atomic mass is 10.1. The Morgan fingerprint density at radius 3 is 2.38 bits per heavy atom. The minimum absolute atomic E-state index is 0.0402. The third-order valence-electron chi connectivity index (χ3n) is 3.57. The zero-order valence-electron chi connectivity index (χ0n) is 15.0. The van der Waals surface area contributed by atoms with Gasteiger partial charge in [-0.05, 0) is 48.7 Å². The second kappa shape index (κ2) is 9.90. The Morgan fingerprint density at radius 1 is 1.12 bits per heavy atom. The Balaban J connectivity index is 1.91. The van der Waals surface area contributed by atoms with Crippen LogP contribution in [0.2, 0.25) is 0 Å². The summed E-state index contributed by atoms with van der Waals surface area (Å²) in [5.41, 5.74) is 0.636. The molecule has 5 heteroatoms. The molecule has 0 radical (unpaired) electrons. The van der Waals surface area contributed by atoms with Crippen molar-refractivity contribution in [1.29, 1.82) is 5.26 Å². The van der Waals surface area contributed by atoms with Crippen molar-refractivity contribution in [3.63, 3.8) is 0 Å². The van der Waals surface area contributed by atoms with Crippen molar-refractivity contribution in [3.05, 3.63) is 66.4 Å². The van der Waals surface area contributed by atoms with E-state index in [0.717, 1.165) is 18.7 Å². The van der Waals surface area contributed by atoms with E-state index >= 15 is 0 Å². The molecule has 0 aromatic heterocycles. The van der Waals surface area contributed by atoms with E-state index in [4.69, 9.17) is 10.00 Å². The number of carbonyl (C=O) groups is 1. The number of hydrogen-bond donors (Lipinski definition) is 2. The van der Waals surface area contributed by atoms with Gasteiger partial charge in [0, 0.05) is 18.4 Å². The molecule has 2 aromatic rings. The average molecular weight is 349 g/mol. The third-order valence-corrected chi connectivity index (χ3v) is 3.57. The van der Waals surface area contributed by atoms with Crippen LogP contribution in [0, 0.1) is 17.2 Å². The zero-order chi connectivity index (χ0) is 18.8. The monoisotopic (exact) mass is 349 g/mol. The molecule has 5 nitrogen and oxygen atoms in total. The van der Waals surface area contributed by atoms with Gasteiger partial charge in [-0.15, -0.1) is 0 Å². The summed E-state index contributed by atoms with van der Waals surface area (Å²) >= 11 is 0. The normalized spacial score (nSPS) is 10.9. The van der Waals surface area contributed by atoms with E-state index < -0.39 is 5.91 Å². The van der Waals surface area contributed by atoms with Gasteiger partial charge in [0.2, 0.25) is 0 Å². The van der Waals surface area contributed by atoms with E-state index in [1.165, 1.54) is 6.20 Å². The number of anilines is 1. The van der Waals surface area contributed by atoms with Gasteiger partial charge in [0.1, 0.15) is 23.1 Å². The first-order chi connectivity index (χ1) is 12.6. The van der Waals surface area contributed by atoms with Gasteiger partial charge in [-0.2, -0.15) is 5.26 Å². The van der Waals surface area contributed by atoms with E-state index in [1.807, 2.05) is 36.4 Å². The third kappa shape index (κ3) is 6.33. The lowest BCUT2D eigenvalue weighted by Crippen LogP contribution is -2.17. The second-order valence-corrected chi connectivity index (χ2v) is 6.20. The van der Waals surface area contributed by atoms with Gasteiger partial charge >= 0.3 is 0 Å². The summed E-state index contributed by atoms with van der Waals surface area (Å²) in [4.78, 5) is 12.2. The highest BCUT2D eigenvalue weighted by atomic mass is 16.5. The molecule has 0 aliphatic carbocycles. The standard InChI is InChI=1S/C21H23N3O2/c1-16(2)12-13-23-15-17(14-22)21(25)24-18-8-10-20(11-9-18)26-19-6-4-3-5-7-19/h3-11,15-16,23H,12-13H2,1-2H3,(H,24,25)/b17-15-. The first-order valence-electron chi connectivity index (χ1n) is 8.56. The van der Waals surface area contributed by atoms with E-state index in [9.17, 15) is 4.79 Å². The topological polar surface area (TPSA) is 74.2 Å². The van der Waals surface area contributed by atoms with Gasteiger partial charge in [-0.3, -0.25) is 4.79 Å². The largest absolute Gasteiger partial charge is 0.457 e. The van der Waals surface area contributed by atoms with Crippen molar-refractivity contribution < 1.29 is 9.53 Å². The van der Waals surface area contributed by atoms with Crippen LogP contribution in [0.5, 0.6) is 11.5 Å². The molecule has 26 heavy (non-hydrogen) atoms. The number of hydrogen-bond acceptors (Lipinski definition) is 4. The van der Waals surface area contributed by atoms with Crippen molar-refractivity contribution in [2.24, 2.45) is 5.92 Å². The maximum Gasteiger partial charge on any atom is 0.267 e. The van der Waals surface area contributed by atoms with E-state index in [1.54, 1.807) is 24.3 Å². The number of nitriles is 1. The number of amides is 1. The number of nitrogens with one attached hydrogen (secondary N) is 2. The zero-order valence-corrected chi connectivity index (χ0v) is 15.0. The highest BCUT2D eigenvalue weighted by Gasteiger charge is 2.09. The van der Waals surface area contributed by atoms with Crippen LogP contribution in [-0.4, -0.2) is 12.5 Å². The lowest BCUT2D eigenvalue weighted by Gasteiger charge is -2.08. The fourth-order valence-electron chi connectivity index (χ4n) is 2.12. The first kappa shape index (κ1) is 19.1. The molecule has 134 valence electrons. The number of benzene rings is 2. The van der Waals surface area contributed by atoms with Gasteiger partial charge < -0.3 is 15.4 Å². The quantitative estimate of drug-likeness (QED) is 0.419. The molecule has 0 spiro atoms. The highest BCUT2D eigenvalue weighted by Crippen LogP contribution is 2.22. The molecule has 0 aliphatic heterocycles. The van der Waals surface area contributed by atoms with Gasteiger partial charge in [0.05, 0.1) is 0 Å². The molecule has 1 amide bonds. The van der Waals surface area contributed by atoms with Gasteiger partial charge in [-0.25, -0.2) is 0 Å². The summed E-state index contributed by atoms with van der Waals surface area (Å²) in [5, 5.41) is 14.9. The molecular formula is C21H23N3O2. The maximum atomic E-state index is 12.2. The molecule has 0 bridgehead atoms. The van der Waals surface area contributed by atoms with Crippen LogP contribution >= 0.6 is 0 Å². The van der Waals surface area contributed by atoms with Gasteiger partial charge in [0.25, 0.3) is 5.91 Å². The van der Waals surface area contributed by atoms with Gasteiger partial charge in [-0.1, -0.05) is 32.0 Å². The Morgan fingerprint density at radius 2 is 1.77 bits per heavy atom. The molecule has 0 unspecified atom stereocenters. The molecule has 0 aliphatic rings. The SMILES string of the molecule is CC(C)CCN/C=C(/C#N)C(=O)Nc1ccc(Oc2ccccc2)cc1. The smallest absolute Gasteiger partial charge is 0.267 e. The van der Waals surface area contributed by atoms with Crippen molar-refractivity contribution in [1.82, 2.24) is 5.32 Å². The van der Waals surface area contributed by atoms with Crippen molar-refractivity contribution >= 4 is 11.6 Å². The molecule has 0 atom stereocenters. The lowest BCUT2D eigenvalue weighted by molar-refractivity contribution is -0.112. The predicted molar refractivity (Wildman–Crippen MR) is 103 cm³/mol. The summed E-state index contributed by atoms with van der Waals surface area (Å²) < 4.78 is 5.71. The number of carbonyl (C=O) groups excluding carboxylic acids is 1. The minimum atomic E-state index is -0.443. The van der Waals surface area contributed by atoms with Crippen molar-refractivity contribution in [2.45, 2.75) is 20.3 Å². The number of ether oxygens (including phenoxy) is 1. The van der Waals surface area contributed by atoms with Crippen LogP contribution < -0.4 is 15.4 Å². The van der Waals surface area contributed by atoms with Crippen LogP contribution in [0.25, 0.3) is 0 Å². The average Bonchev–Trinajstić information content (AvgIpc) is 2.64. The fraction of sp³-hybridized carbons (Fsp3) is 0.238.